The van der Waals surface area contributed by atoms with Gasteiger partial charge in [-0.1, -0.05) is 30.0 Å². The zero-order valence-corrected chi connectivity index (χ0v) is 10.7. The van der Waals surface area contributed by atoms with Crippen LogP contribution < -0.4 is 5.32 Å². The average Bonchev–Trinajstić information content (AvgIpc) is 3.16. The molecule has 2 heteroatoms. The predicted molar refractivity (Wildman–Crippen MR) is 74.3 cm³/mol. The summed E-state index contributed by atoms with van der Waals surface area (Å²) < 4.78 is 0. The Kier molecular flexibility index (Phi) is 3.64. The van der Waals surface area contributed by atoms with Crippen molar-refractivity contribution in [2.24, 2.45) is 0 Å². The molecule has 0 bridgehead atoms. The minimum absolute atomic E-state index is 0.649. The highest BCUT2D eigenvalue weighted by Crippen LogP contribution is 2.29. The van der Waals surface area contributed by atoms with E-state index in [9.17, 15) is 0 Å². The molecule has 1 aliphatic carbocycles. The summed E-state index contributed by atoms with van der Waals surface area (Å²) in [6.07, 6.45) is 4.12. The van der Waals surface area contributed by atoms with Crippen LogP contribution in [0.15, 0.2) is 30.3 Å². The van der Waals surface area contributed by atoms with Gasteiger partial charge >= 0.3 is 0 Å². The Bertz CT molecular complexity index is 439. The van der Waals surface area contributed by atoms with E-state index in [0.29, 0.717) is 6.04 Å². The molecule has 1 saturated heterocycles. The molecule has 3 rings (SSSR count). The van der Waals surface area contributed by atoms with Gasteiger partial charge < -0.3 is 5.32 Å². The van der Waals surface area contributed by atoms with E-state index in [2.05, 4.69) is 34.2 Å². The Hall–Kier alpha value is -1.30. The largest absolute Gasteiger partial charge is 0.302 e. The fourth-order valence-corrected chi connectivity index (χ4v) is 2.59. The van der Waals surface area contributed by atoms with Crippen LogP contribution in [0.25, 0.3) is 0 Å². The lowest BCUT2D eigenvalue weighted by Gasteiger charge is -2.14. The average molecular weight is 240 g/mol. The lowest BCUT2D eigenvalue weighted by Crippen LogP contribution is -2.33. The van der Waals surface area contributed by atoms with Crippen molar-refractivity contribution < 1.29 is 0 Å². The van der Waals surface area contributed by atoms with Crippen molar-refractivity contribution in [2.45, 2.75) is 31.3 Å². The van der Waals surface area contributed by atoms with Gasteiger partial charge in [-0.15, -0.1) is 0 Å². The van der Waals surface area contributed by atoms with Crippen molar-refractivity contribution in [2.75, 3.05) is 19.6 Å². The smallest absolute Gasteiger partial charge is 0.0582 e. The molecule has 1 unspecified atom stereocenters. The van der Waals surface area contributed by atoms with Gasteiger partial charge in [-0.05, 0) is 31.4 Å². The molecular weight excluding hydrogens is 220 g/mol. The van der Waals surface area contributed by atoms with Crippen molar-refractivity contribution in [3.05, 3.63) is 35.9 Å². The first kappa shape index (κ1) is 11.8. The second-order valence-electron chi connectivity index (χ2n) is 5.26. The highest BCUT2D eigenvalue weighted by atomic mass is 15.2. The molecule has 1 aromatic carbocycles. The van der Waals surface area contributed by atoms with Crippen molar-refractivity contribution >= 4 is 0 Å². The second kappa shape index (κ2) is 5.56. The number of benzene rings is 1. The molecule has 0 aromatic heterocycles. The third-order valence-electron chi connectivity index (χ3n) is 3.77. The summed E-state index contributed by atoms with van der Waals surface area (Å²) >= 11 is 0. The molecule has 1 saturated carbocycles. The van der Waals surface area contributed by atoms with Crippen molar-refractivity contribution in [3.63, 3.8) is 0 Å². The molecule has 18 heavy (non-hydrogen) atoms. The highest BCUT2D eigenvalue weighted by Gasteiger charge is 2.33. The number of likely N-dealkylation sites (tertiary alicyclic amines) is 1. The monoisotopic (exact) mass is 240 g/mol. The Morgan fingerprint density at radius 1 is 1.17 bits per heavy atom. The summed E-state index contributed by atoms with van der Waals surface area (Å²) in [4.78, 5) is 2.63. The lowest BCUT2D eigenvalue weighted by molar-refractivity contribution is 0.319. The van der Waals surface area contributed by atoms with Crippen LogP contribution in [-0.2, 0) is 0 Å². The highest BCUT2D eigenvalue weighted by molar-refractivity contribution is 5.33. The summed E-state index contributed by atoms with van der Waals surface area (Å²) in [7, 11) is 0. The summed E-state index contributed by atoms with van der Waals surface area (Å²) in [6, 6.07) is 11.7. The van der Waals surface area contributed by atoms with Gasteiger partial charge in [-0.25, -0.2) is 0 Å². The predicted octanol–water partition coefficient (Wildman–Crippen LogP) is 1.86. The number of nitrogens with one attached hydrogen (secondary N) is 1. The first-order valence-electron chi connectivity index (χ1n) is 6.93. The van der Waals surface area contributed by atoms with E-state index < -0.39 is 0 Å². The molecule has 0 amide bonds. The molecule has 0 spiro atoms. The second-order valence-corrected chi connectivity index (χ2v) is 5.26. The van der Waals surface area contributed by atoms with Crippen LogP contribution >= 0.6 is 0 Å². The summed E-state index contributed by atoms with van der Waals surface area (Å²) in [5.41, 5.74) is 1.10. The third kappa shape index (κ3) is 3.13. The third-order valence-corrected chi connectivity index (χ3v) is 3.77. The molecule has 2 nitrogen and oxygen atoms in total. The maximum Gasteiger partial charge on any atom is 0.0582 e. The molecule has 94 valence electrons. The number of hydrogen-bond donors (Lipinski definition) is 1. The Morgan fingerprint density at radius 2 is 2.00 bits per heavy atom. The summed E-state index contributed by atoms with van der Waals surface area (Å²) in [5.74, 6) is 6.40. The van der Waals surface area contributed by atoms with Gasteiger partial charge in [0, 0.05) is 30.7 Å². The van der Waals surface area contributed by atoms with E-state index in [-0.39, 0.29) is 0 Å². The molecule has 0 radical (unpaired) electrons. The van der Waals surface area contributed by atoms with Gasteiger partial charge in [0.25, 0.3) is 0 Å². The van der Waals surface area contributed by atoms with Crippen LogP contribution in [-0.4, -0.2) is 36.6 Å². The molecule has 1 N–H and O–H groups in total. The number of nitrogens with zero attached hydrogens (tertiary/aromatic N) is 1. The van der Waals surface area contributed by atoms with E-state index in [1.807, 2.05) is 18.2 Å². The summed E-state index contributed by atoms with van der Waals surface area (Å²) in [6.45, 7) is 3.30. The van der Waals surface area contributed by atoms with Gasteiger partial charge in [0.15, 0.2) is 0 Å². The minimum Gasteiger partial charge on any atom is -0.302 e. The maximum absolute atomic E-state index is 3.55. The van der Waals surface area contributed by atoms with E-state index in [4.69, 9.17) is 0 Å². The Balaban J connectivity index is 1.41. The Labute approximate surface area is 109 Å². The molecule has 1 aliphatic heterocycles. The van der Waals surface area contributed by atoms with Gasteiger partial charge in [0.2, 0.25) is 0 Å². The molecule has 2 aliphatic rings. The molecule has 1 atom stereocenters. The molecule has 2 fully saturated rings. The zero-order valence-electron chi connectivity index (χ0n) is 10.7. The van der Waals surface area contributed by atoms with Crippen LogP contribution in [0.2, 0.25) is 0 Å². The van der Waals surface area contributed by atoms with E-state index in [1.54, 1.807) is 0 Å². The molecular formula is C16H20N2. The van der Waals surface area contributed by atoms with Crippen LogP contribution in [0, 0.1) is 11.8 Å². The van der Waals surface area contributed by atoms with Gasteiger partial charge in [-0.3, -0.25) is 4.90 Å². The zero-order chi connectivity index (χ0) is 12.2. The van der Waals surface area contributed by atoms with Crippen LogP contribution in [0.3, 0.4) is 0 Å². The van der Waals surface area contributed by atoms with E-state index in [1.165, 1.54) is 32.4 Å². The number of hydrogen-bond acceptors (Lipinski definition) is 2. The normalized spacial score (nSPS) is 23.7. The van der Waals surface area contributed by atoms with Crippen LogP contribution in [0.4, 0.5) is 0 Å². The van der Waals surface area contributed by atoms with Crippen molar-refractivity contribution in [1.82, 2.24) is 10.2 Å². The first-order valence-corrected chi connectivity index (χ1v) is 6.93. The Morgan fingerprint density at radius 3 is 2.78 bits per heavy atom. The fraction of sp³-hybridized carbons (Fsp3) is 0.500. The van der Waals surface area contributed by atoms with Crippen LogP contribution in [0.5, 0.6) is 0 Å². The topological polar surface area (TPSA) is 15.3 Å². The fourth-order valence-electron chi connectivity index (χ4n) is 2.59. The maximum atomic E-state index is 3.55. The molecule has 1 heterocycles. The van der Waals surface area contributed by atoms with E-state index in [0.717, 1.165) is 18.2 Å². The van der Waals surface area contributed by atoms with Crippen molar-refractivity contribution in [1.29, 1.82) is 0 Å². The van der Waals surface area contributed by atoms with E-state index >= 15 is 0 Å². The summed E-state index contributed by atoms with van der Waals surface area (Å²) in [5, 5.41) is 3.55. The van der Waals surface area contributed by atoms with Gasteiger partial charge in [0.05, 0.1) is 6.54 Å². The van der Waals surface area contributed by atoms with Gasteiger partial charge in [-0.2, -0.15) is 0 Å². The standard InChI is InChI=1S/C16H20N2/c1-2-5-14(6-3-1)7-4-11-17-15-10-12-18(13-15)16-8-9-16/h1-3,5-6,15-17H,8-13H2. The van der Waals surface area contributed by atoms with Crippen molar-refractivity contribution in [3.8, 4) is 11.8 Å². The number of rotatable bonds is 3. The minimum atomic E-state index is 0.649. The quantitative estimate of drug-likeness (QED) is 0.811. The van der Waals surface area contributed by atoms with Crippen LogP contribution in [0.1, 0.15) is 24.8 Å². The SMILES string of the molecule is C(#Cc1ccccc1)CNC1CCN(C2CC2)C1. The van der Waals surface area contributed by atoms with Gasteiger partial charge in [0.1, 0.15) is 0 Å². The molecule has 1 aromatic rings. The first-order chi connectivity index (χ1) is 8.92. The lowest BCUT2D eigenvalue weighted by atomic mass is 10.2.